The summed E-state index contributed by atoms with van der Waals surface area (Å²) >= 11 is 0. The second kappa shape index (κ2) is 41.3. The lowest BCUT2D eigenvalue weighted by atomic mass is 10.0. The zero-order chi connectivity index (χ0) is 34.9. The molecule has 1 atom stereocenters. The molecule has 0 spiro atoms. The minimum absolute atomic E-state index is 0.177. The van der Waals surface area contributed by atoms with Gasteiger partial charge in [0, 0.05) is 13.0 Å². The van der Waals surface area contributed by atoms with E-state index in [9.17, 15) is 9.90 Å². The van der Waals surface area contributed by atoms with E-state index in [1.165, 1.54) is 109 Å². The van der Waals surface area contributed by atoms with Gasteiger partial charge in [0.2, 0.25) is 0 Å². The topological polar surface area (TPSA) is 55.8 Å². The van der Waals surface area contributed by atoms with Crippen LogP contribution in [0.1, 0.15) is 187 Å². The van der Waals surface area contributed by atoms with Crippen LogP contribution in [-0.4, -0.2) is 37.0 Å². The van der Waals surface area contributed by atoms with Gasteiger partial charge in [0.15, 0.2) is 0 Å². The molecule has 4 nitrogen and oxygen atoms in total. The fraction of sp³-hybridized carbons (Fsp3) is 0.750. The second-order valence-corrected chi connectivity index (χ2v) is 13.3. The minimum atomic E-state index is -0.538. The van der Waals surface area contributed by atoms with Gasteiger partial charge in [0.1, 0.15) is 6.10 Å². The molecule has 1 N–H and O–H groups in total. The Bertz CT molecular complexity index is 794. The van der Waals surface area contributed by atoms with Gasteiger partial charge in [-0.15, -0.1) is 0 Å². The predicted molar refractivity (Wildman–Crippen MR) is 209 cm³/mol. The van der Waals surface area contributed by atoms with Crippen molar-refractivity contribution in [2.75, 3.05) is 19.8 Å². The first-order chi connectivity index (χ1) is 23.7. The third-order valence-corrected chi connectivity index (χ3v) is 8.56. The van der Waals surface area contributed by atoms with Gasteiger partial charge in [-0.25, -0.2) is 0 Å². The molecule has 0 heterocycles. The number of allylic oxidation sites excluding steroid dienone is 10. The van der Waals surface area contributed by atoms with Crippen LogP contribution < -0.4 is 0 Å². The Kier molecular flexibility index (Phi) is 39.6. The number of carbonyl (C=O) groups excluding carboxylic acids is 1. The third kappa shape index (κ3) is 38.5. The molecular weight excluding hydrogens is 592 g/mol. The summed E-state index contributed by atoms with van der Waals surface area (Å²) in [6, 6.07) is 0. The lowest BCUT2D eigenvalue weighted by Gasteiger charge is -2.15. The van der Waals surface area contributed by atoms with E-state index < -0.39 is 6.10 Å². The Morgan fingerprint density at radius 3 is 1.44 bits per heavy atom. The highest BCUT2D eigenvalue weighted by Crippen LogP contribution is 2.14. The molecule has 0 fully saturated rings. The Hall–Kier alpha value is -1.91. The largest absolute Gasteiger partial charge is 0.457 e. The molecule has 0 aliphatic carbocycles. The highest BCUT2D eigenvalue weighted by Gasteiger charge is 2.13. The Morgan fingerprint density at radius 1 is 0.521 bits per heavy atom. The van der Waals surface area contributed by atoms with E-state index in [-0.39, 0.29) is 12.6 Å². The summed E-state index contributed by atoms with van der Waals surface area (Å²) in [4.78, 5) is 12.1. The summed E-state index contributed by atoms with van der Waals surface area (Å²) in [5.41, 5.74) is 0. The fourth-order valence-electron chi connectivity index (χ4n) is 5.56. The number of ether oxygens (including phenoxy) is 2. The monoisotopic (exact) mass is 671 g/mol. The average Bonchev–Trinajstić information content (AvgIpc) is 3.09. The summed E-state index contributed by atoms with van der Waals surface area (Å²) in [6.07, 6.45) is 54.3. The molecule has 0 aromatic heterocycles. The molecular formula is C44H78O4. The number of aliphatic hydroxyl groups excluding tert-OH is 1. The van der Waals surface area contributed by atoms with Crippen LogP contribution in [0, 0.1) is 0 Å². The summed E-state index contributed by atoms with van der Waals surface area (Å²) < 4.78 is 11.1. The number of rotatable bonds is 37. The molecule has 0 aliphatic rings. The number of hydrogen-bond donors (Lipinski definition) is 1. The van der Waals surface area contributed by atoms with Crippen molar-refractivity contribution in [3.05, 3.63) is 60.8 Å². The van der Waals surface area contributed by atoms with Gasteiger partial charge in [-0.3, -0.25) is 4.79 Å². The number of esters is 1. The first kappa shape index (κ1) is 46.1. The molecule has 4 heteroatoms. The van der Waals surface area contributed by atoms with Crippen LogP contribution in [0.15, 0.2) is 60.8 Å². The SMILES string of the molecule is CC/C=C\C/C=C\C/C=C\C/C=C\CCCCCCCCCCCCCCCOCC(CO)OC(=O)CCCCCCC/C=C\CCC. The predicted octanol–water partition coefficient (Wildman–Crippen LogP) is 13.3. The summed E-state index contributed by atoms with van der Waals surface area (Å²) in [5, 5.41) is 9.55. The molecule has 48 heavy (non-hydrogen) atoms. The van der Waals surface area contributed by atoms with Crippen LogP contribution in [0.2, 0.25) is 0 Å². The molecule has 0 radical (unpaired) electrons. The van der Waals surface area contributed by atoms with E-state index in [4.69, 9.17) is 9.47 Å². The molecule has 0 aromatic rings. The first-order valence-electron chi connectivity index (χ1n) is 20.4. The molecule has 0 aromatic carbocycles. The van der Waals surface area contributed by atoms with E-state index in [1.807, 2.05) is 0 Å². The standard InChI is InChI=1S/C44H78O4/c1-3-5-7-9-11-13-15-16-17-18-19-20-21-22-23-24-25-26-27-28-29-30-32-34-36-38-40-47-42-43(41-45)48-44(46)39-37-35-33-31-14-12-10-8-6-4-2/h5,7-8,10-11,13,16-17,19-20,43,45H,3-4,6,9,12,14-15,18,21-42H2,1-2H3/b7-5-,10-8-,13-11-,17-16-,20-19-. The van der Waals surface area contributed by atoms with Gasteiger partial charge in [-0.1, -0.05) is 171 Å². The van der Waals surface area contributed by atoms with E-state index in [2.05, 4.69) is 74.6 Å². The zero-order valence-electron chi connectivity index (χ0n) is 31.7. The summed E-state index contributed by atoms with van der Waals surface area (Å²) in [5.74, 6) is -0.214. The van der Waals surface area contributed by atoms with Crippen LogP contribution >= 0.6 is 0 Å². The van der Waals surface area contributed by atoms with Crippen molar-refractivity contribution in [1.29, 1.82) is 0 Å². The van der Waals surface area contributed by atoms with Crippen LogP contribution in [-0.2, 0) is 14.3 Å². The van der Waals surface area contributed by atoms with E-state index in [1.54, 1.807) is 0 Å². The van der Waals surface area contributed by atoms with E-state index >= 15 is 0 Å². The molecule has 278 valence electrons. The maximum absolute atomic E-state index is 12.1. The van der Waals surface area contributed by atoms with Crippen LogP contribution in [0.25, 0.3) is 0 Å². The van der Waals surface area contributed by atoms with Crippen molar-refractivity contribution in [2.45, 2.75) is 193 Å². The van der Waals surface area contributed by atoms with Crippen molar-refractivity contribution in [3.63, 3.8) is 0 Å². The smallest absolute Gasteiger partial charge is 0.306 e. The van der Waals surface area contributed by atoms with Crippen molar-refractivity contribution in [3.8, 4) is 0 Å². The summed E-state index contributed by atoms with van der Waals surface area (Å²) in [6.45, 7) is 5.16. The quantitative estimate of drug-likeness (QED) is 0.0406. The number of aliphatic hydroxyl groups is 1. The van der Waals surface area contributed by atoms with Crippen LogP contribution in [0.5, 0.6) is 0 Å². The average molecular weight is 671 g/mol. The number of carbonyl (C=O) groups is 1. The Labute approximate surface area is 298 Å². The van der Waals surface area contributed by atoms with Crippen LogP contribution in [0.3, 0.4) is 0 Å². The maximum Gasteiger partial charge on any atom is 0.306 e. The van der Waals surface area contributed by atoms with Gasteiger partial charge in [0.25, 0.3) is 0 Å². The highest BCUT2D eigenvalue weighted by molar-refractivity contribution is 5.69. The number of hydrogen-bond acceptors (Lipinski definition) is 4. The molecule has 0 amide bonds. The number of unbranched alkanes of at least 4 members (excludes halogenated alkanes) is 19. The van der Waals surface area contributed by atoms with Gasteiger partial charge in [0.05, 0.1) is 13.2 Å². The lowest BCUT2D eigenvalue weighted by Crippen LogP contribution is -2.27. The molecule has 1 unspecified atom stereocenters. The Morgan fingerprint density at radius 2 is 0.938 bits per heavy atom. The van der Waals surface area contributed by atoms with E-state index in [0.717, 1.165) is 57.8 Å². The van der Waals surface area contributed by atoms with Crippen molar-refractivity contribution in [1.82, 2.24) is 0 Å². The van der Waals surface area contributed by atoms with Gasteiger partial charge in [-0.05, 0) is 70.6 Å². The molecule has 0 rings (SSSR count). The Balaban J connectivity index is 3.40. The minimum Gasteiger partial charge on any atom is -0.457 e. The maximum atomic E-state index is 12.1. The molecule has 0 saturated heterocycles. The van der Waals surface area contributed by atoms with Gasteiger partial charge in [-0.2, -0.15) is 0 Å². The normalized spacial score (nSPS) is 13.0. The van der Waals surface area contributed by atoms with Crippen molar-refractivity contribution >= 4 is 5.97 Å². The highest BCUT2D eigenvalue weighted by atomic mass is 16.6. The van der Waals surface area contributed by atoms with Crippen molar-refractivity contribution in [2.24, 2.45) is 0 Å². The zero-order valence-corrected chi connectivity index (χ0v) is 31.7. The fourth-order valence-corrected chi connectivity index (χ4v) is 5.56. The lowest BCUT2D eigenvalue weighted by molar-refractivity contribution is -0.154. The molecule has 0 aliphatic heterocycles. The summed E-state index contributed by atoms with van der Waals surface area (Å²) in [7, 11) is 0. The van der Waals surface area contributed by atoms with E-state index in [0.29, 0.717) is 19.6 Å². The molecule has 0 bridgehead atoms. The second-order valence-electron chi connectivity index (χ2n) is 13.3. The third-order valence-electron chi connectivity index (χ3n) is 8.56. The molecule has 0 saturated carbocycles. The van der Waals surface area contributed by atoms with Crippen LogP contribution in [0.4, 0.5) is 0 Å². The van der Waals surface area contributed by atoms with Crippen molar-refractivity contribution < 1.29 is 19.4 Å². The van der Waals surface area contributed by atoms with Gasteiger partial charge >= 0.3 is 5.97 Å². The first-order valence-corrected chi connectivity index (χ1v) is 20.4. The van der Waals surface area contributed by atoms with Gasteiger partial charge < -0.3 is 14.6 Å².